The number of nitrogens with one attached hydrogen (secondary N) is 1. The molecule has 2 fully saturated rings. The Morgan fingerprint density at radius 1 is 1.05 bits per heavy atom. The molecular formula is C15H18N2O2. The van der Waals surface area contributed by atoms with Crippen LogP contribution in [0.15, 0.2) is 30.3 Å². The Morgan fingerprint density at radius 3 is 2.42 bits per heavy atom. The van der Waals surface area contributed by atoms with Crippen LogP contribution in [0.2, 0.25) is 0 Å². The van der Waals surface area contributed by atoms with Crippen LogP contribution in [-0.2, 0) is 9.59 Å². The molecule has 2 amide bonds. The number of rotatable bonds is 3. The Kier molecular flexibility index (Phi) is 3.34. The van der Waals surface area contributed by atoms with Gasteiger partial charge in [0, 0.05) is 6.04 Å². The highest BCUT2D eigenvalue weighted by Gasteiger charge is 2.40. The van der Waals surface area contributed by atoms with Gasteiger partial charge in [0.15, 0.2) is 0 Å². The quantitative estimate of drug-likeness (QED) is 0.842. The van der Waals surface area contributed by atoms with E-state index in [2.05, 4.69) is 5.32 Å². The first-order valence-electron chi connectivity index (χ1n) is 6.93. The second-order valence-corrected chi connectivity index (χ2v) is 5.31. The first kappa shape index (κ1) is 12.4. The van der Waals surface area contributed by atoms with Crippen molar-refractivity contribution in [3.63, 3.8) is 0 Å². The SMILES string of the molecule is O=C1CC(NC2CCCC2)C(=O)N1c1ccccc1. The van der Waals surface area contributed by atoms with Gasteiger partial charge in [-0.2, -0.15) is 0 Å². The topological polar surface area (TPSA) is 49.4 Å². The van der Waals surface area contributed by atoms with E-state index < -0.39 is 0 Å². The zero-order chi connectivity index (χ0) is 13.2. The van der Waals surface area contributed by atoms with E-state index in [0.29, 0.717) is 11.7 Å². The van der Waals surface area contributed by atoms with E-state index >= 15 is 0 Å². The van der Waals surface area contributed by atoms with Gasteiger partial charge in [-0.25, -0.2) is 4.90 Å². The van der Waals surface area contributed by atoms with Crippen molar-refractivity contribution in [3.05, 3.63) is 30.3 Å². The third kappa shape index (κ3) is 2.40. The van der Waals surface area contributed by atoms with Gasteiger partial charge in [0.1, 0.15) is 0 Å². The van der Waals surface area contributed by atoms with Crippen LogP contribution in [0.25, 0.3) is 0 Å². The third-order valence-electron chi connectivity index (χ3n) is 3.95. The normalized spacial score (nSPS) is 24.4. The number of para-hydroxylation sites is 1. The largest absolute Gasteiger partial charge is 0.303 e. The Bertz CT molecular complexity index is 480. The summed E-state index contributed by atoms with van der Waals surface area (Å²) in [5, 5.41) is 3.35. The average Bonchev–Trinajstić information content (AvgIpc) is 3.01. The summed E-state index contributed by atoms with van der Waals surface area (Å²) < 4.78 is 0. The van der Waals surface area contributed by atoms with Crippen LogP contribution in [0.3, 0.4) is 0 Å². The number of imide groups is 1. The standard InChI is InChI=1S/C15H18N2O2/c18-14-10-13(16-11-6-4-5-7-11)15(19)17(14)12-8-2-1-3-9-12/h1-3,8-9,11,13,16H,4-7,10H2. The molecule has 4 nitrogen and oxygen atoms in total. The van der Waals surface area contributed by atoms with Gasteiger partial charge in [-0.3, -0.25) is 9.59 Å². The van der Waals surface area contributed by atoms with Crippen molar-refractivity contribution in [2.45, 2.75) is 44.2 Å². The number of anilines is 1. The summed E-state index contributed by atoms with van der Waals surface area (Å²) in [4.78, 5) is 25.7. The summed E-state index contributed by atoms with van der Waals surface area (Å²) in [7, 11) is 0. The van der Waals surface area contributed by atoms with Crippen molar-refractivity contribution in [2.75, 3.05) is 4.90 Å². The van der Waals surface area contributed by atoms with E-state index in [1.54, 1.807) is 12.1 Å². The third-order valence-corrected chi connectivity index (χ3v) is 3.95. The Labute approximate surface area is 112 Å². The minimum atomic E-state index is -0.337. The van der Waals surface area contributed by atoms with E-state index in [0.717, 1.165) is 12.8 Å². The van der Waals surface area contributed by atoms with Crippen LogP contribution in [0.4, 0.5) is 5.69 Å². The number of hydrogen-bond donors (Lipinski definition) is 1. The van der Waals surface area contributed by atoms with Crippen LogP contribution in [-0.4, -0.2) is 23.9 Å². The van der Waals surface area contributed by atoms with Crippen LogP contribution < -0.4 is 10.2 Å². The zero-order valence-electron chi connectivity index (χ0n) is 10.8. The lowest BCUT2D eigenvalue weighted by Crippen LogP contribution is -2.42. The number of hydrogen-bond acceptors (Lipinski definition) is 3. The van der Waals surface area contributed by atoms with E-state index in [4.69, 9.17) is 0 Å². The van der Waals surface area contributed by atoms with Crippen molar-refractivity contribution in [2.24, 2.45) is 0 Å². The Hall–Kier alpha value is -1.68. The predicted octanol–water partition coefficient (Wildman–Crippen LogP) is 1.85. The number of carbonyl (C=O) groups excluding carboxylic acids is 2. The summed E-state index contributed by atoms with van der Waals surface area (Å²) in [5.74, 6) is -0.213. The fourth-order valence-electron chi connectivity index (χ4n) is 2.99. The van der Waals surface area contributed by atoms with Gasteiger partial charge in [-0.15, -0.1) is 0 Å². The summed E-state index contributed by atoms with van der Waals surface area (Å²) in [6.45, 7) is 0. The van der Waals surface area contributed by atoms with Gasteiger partial charge in [0.05, 0.1) is 18.2 Å². The molecule has 4 heteroatoms. The van der Waals surface area contributed by atoms with E-state index in [1.165, 1.54) is 17.7 Å². The van der Waals surface area contributed by atoms with Gasteiger partial charge < -0.3 is 5.32 Å². The van der Waals surface area contributed by atoms with Crippen molar-refractivity contribution < 1.29 is 9.59 Å². The first-order valence-corrected chi connectivity index (χ1v) is 6.93. The molecule has 1 N–H and O–H groups in total. The maximum Gasteiger partial charge on any atom is 0.251 e. The highest BCUT2D eigenvalue weighted by atomic mass is 16.2. The molecule has 1 saturated carbocycles. The minimum absolute atomic E-state index is 0.105. The molecule has 1 atom stereocenters. The Morgan fingerprint density at radius 2 is 1.74 bits per heavy atom. The lowest BCUT2D eigenvalue weighted by molar-refractivity contribution is -0.121. The molecule has 3 rings (SSSR count). The van der Waals surface area contributed by atoms with Crippen molar-refractivity contribution in [1.82, 2.24) is 5.32 Å². The summed E-state index contributed by atoms with van der Waals surface area (Å²) in [5.41, 5.74) is 0.674. The molecule has 1 aliphatic heterocycles. The van der Waals surface area contributed by atoms with E-state index in [1.807, 2.05) is 18.2 Å². The molecule has 1 heterocycles. The van der Waals surface area contributed by atoms with Gasteiger partial charge in [-0.1, -0.05) is 31.0 Å². The lowest BCUT2D eigenvalue weighted by atomic mass is 10.2. The van der Waals surface area contributed by atoms with E-state index in [-0.39, 0.29) is 24.3 Å². The fourth-order valence-corrected chi connectivity index (χ4v) is 2.99. The summed E-state index contributed by atoms with van der Waals surface area (Å²) in [6, 6.07) is 9.22. The van der Waals surface area contributed by atoms with Crippen molar-refractivity contribution >= 4 is 17.5 Å². The molecule has 1 aliphatic carbocycles. The molecule has 1 unspecified atom stereocenters. The molecule has 19 heavy (non-hydrogen) atoms. The second kappa shape index (κ2) is 5.13. The summed E-state index contributed by atoms with van der Waals surface area (Å²) in [6.07, 6.45) is 4.95. The average molecular weight is 258 g/mol. The van der Waals surface area contributed by atoms with Gasteiger partial charge in [0.2, 0.25) is 5.91 Å². The monoisotopic (exact) mass is 258 g/mol. The summed E-state index contributed by atoms with van der Waals surface area (Å²) >= 11 is 0. The van der Waals surface area contributed by atoms with Crippen LogP contribution >= 0.6 is 0 Å². The number of carbonyl (C=O) groups is 2. The molecular weight excluding hydrogens is 240 g/mol. The maximum atomic E-state index is 12.3. The number of amides is 2. The molecule has 0 aromatic heterocycles. The van der Waals surface area contributed by atoms with Gasteiger partial charge in [-0.05, 0) is 25.0 Å². The smallest absolute Gasteiger partial charge is 0.251 e. The molecule has 1 aromatic rings. The van der Waals surface area contributed by atoms with Crippen LogP contribution in [0, 0.1) is 0 Å². The number of benzene rings is 1. The Balaban J connectivity index is 1.74. The maximum absolute atomic E-state index is 12.3. The minimum Gasteiger partial charge on any atom is -0.303 e. The second-order valence-electron chi connectivity index (χ2n) is 5.31. The van der Waals surface area contributed by atoms with Gasteiger partial charge >= 0.3 is 0 Å². The molecule has 100 valence electrons. The lowest BCUT2D eigenvalue weighted by Gasteiger charge is -2.18. The van der Waals surface area contributed by atoms with Crippen molar-refractivity contribution in [3.8, 4) is 0 Å². The molecule has 0 spiro atoms. The van der Waals surface area contributed by atoms with Crippen molar-refractivity contribution in [1.29, 1.82) is 0 Å². The van der Waals surface area contributed by atoms with Gasteiger partial charge in [0.25, 0.3) is 5.91 Å². The highest BCUT2D eigenvalue weighted by Crippen LogP contribution is 2.25. The fraction of sp³-hybridized carbons (Fsp3) is 0.467. The zero-order valence-corrected chi connectivity index (χ0v) is 10.8. The molecule has 0 bridgehead atoms. The highest BCUT2D eigenvalue weighted by molar-refractivity contribution is 6.22. The first-order chi connectivity index (χ1) is 9.25. The van der Waals surface area contributed by atoms with E-state index in [9.17, 15) is 9.59 Å². The van der Waals surface area contributed by atoms with Crippen LogP contribution in [0.1, 0.15) is 32.1 Å². The molecule has 2 aliphatic rings. The molecule has 1 aromatic carbocycles. The van der Waals surface area contributed by atoms with Crippen LogP contribution in [0.5, 0.6) is 0 Å². The molecule has 1 saturated heterocycles. The molecule has 0 radical (unpaired) electrons. The predicted molar refractivity (Wildman–Crippen MR) is 72.7 cm³/mol. The number of nitrogens with zero attached hydrogens (tertiary/aromatic N) is 1.